The predicted molar refractivity (Wildman–Crippen MR) is 121 cm³/mol. The van der Waals surface area contributed by atoms with Crippen molar-refractivity contribution in [3.63, 3.8) is 0 Å². The Morgan fingerprint density at radius 2 is 1.88 bits per heavy atom. The molecule has 0 unspecified atom stereocenters. The molecular weight excluding hydrogens is 474 g/mol. The Labute approximate surface area is 195 Å². The maximum Gasteiger partial charge on any atom is 0.264 e. The molecular formula is C23H21ClF2N2O4S. The molecule has 0 bridgehead atoms. The fourth-order valence-electron chi connectivity index (χ4n) is 3.37. The van der Waals surface area contributed by atoms with E-state index in [1.807, 2.05) is 18.6 Å². The molecule has 10 heteroatoms. The summed E-state index contributed by atoms with van der Waals surface area (Å²) < 4.78 is 60.4. The maximum atomic E-state index is 14.4. The molecule has 0 radical (unpaired) electrons. The smallest absolute Gasteiger partial charge is 0.264 e. The number of rotatable bonds is 7. The number of amides is 1. The van der Waals surface area contributed by atoms with Crippen LogP contribution in [-0.4, -0.2) is 26.4 Å². The van der Waals surface area contributed by atoms with Gasteiger partial charge in [-0.1, -0.05) is 25.4 Å². The van der Waals surface area contributed by atoms with E-state index in [0.29, 0.717) is 28.1 Å². The number of carbonyl (C=O) groups excluding carboxylic acids is 1. The molecule has 174 valence electrons. The zero-order chi connectivity index (χ0) is 24.3. The van der Waals surface area contributed by atoms with Crippen molar-refractivity contribution in [2.75, 3.05) is 7.11 Å². The Bertz CT molecular complexity index is 1310. The van der Waals surface area contributed by atoms with Crippen molar-refractivity contribution in [1.29, 1.82) is 0 Å². The summed E-state index contributed by atoms with van der Waals surface area (Å²) in [6.45, 7) is 3.67. The number of sulfonamides is 1. The van der Waals surface area contributed by atoms with Gasteiger partial charge in [-0.15, -0.1) is 0 Å². The van der Waals surface area contributed by atoms with Crippen LogP contribution < -0.4 is 9.46 Å². The van der Waals surface area contributed by atoms with Crippen LogP contribution in [0, 0.1) is 11.6 Å². The average molecular weight is 495 g/mol. The van der Waals surface area contributed by atoms with Crippen LogP contribution in [0.15, 0.2) is 53.6 Å². The van der Waals surface area contributed by atoms with Gasteiger partial charge in [0.1, 0.15) is 11.6 Å². The summed E-state index contributed by atoms with van der Waals surface area (Å²) in [5.74, 6) is -2.15. The molecule has 0 aliphatic rings. The van der Waals surface area contributed by atoms with Crippen LogP contribution >= 0.6 is 11.6 Å². The van der Waals surface area contributed by atoms with E-state index in [0.717, 1.165) is 18.2 Å². The van der Waals surface area contributed by atoms with Crippen molar-refractivity contribution < 1.29 is 26.7 Å². The lowest BCUT2D eigenvalue weighted by Crippen LogP contribution is -2.32. The van der Waals surface area contributed by atoms with E-state index in [-0.39, 0.29) is 17.4 Å². The number of nitrogens with one attached hydrogen (secondary N) is 1. The van der Waals surface area contributed by atoms with E-state index in [1.165, 1.54) is 25.4 Å². The van der Waals surface area contributed by atoms with Crippen LogP contribution in [0.25, 0.3) is 11.1 Å². The molecule has 0 fully saturated rings. The van der Waals surface area contributed by atoms with Crippen molar-refractivity contribution in [2.45, 2.75) is 31.1 Å². The molecule has 3 aromatic rings. The lowest BCUT2D eigenvalue weighted by Gasteiger charge is -2.18. The molecule has 0 spiro atoms. The van der Waals surface area contributed by atoms with Crippen molar-refractivity contribution in [1.82, 2.24) is 9.71 Å². The zero-order valence-electron chi connectivity index (χ0n) is 18.0. The Balaban J connectivity index is 2.01. The summed E-state index contributed by atoms with van der Waals surface area (Å²) in [5.41, 5.74) is 1.96. The van der Waals surface area contributed by atoms with Gasteiger partial charge >= 0.3 is 0 Å². The van der Waals surface area contributed by atoms with E-state index in [1.54, 1.807) is 12.1 Å². The maximum absolute atomic E-state index is 14.4. The van der Waals surface area contributed by atoms with E-state index in [2.05, 4.69) is 4.98 Å². The number of ether oxygens (including phenoxy) is 1. The molecule has 0 atom stereocenters. The summed E-state index contributed by atoms with van der Waals surface area (Å²) >= 11 is 5.60. The highest BCUT2D eigenvalue weighted by molar-refractivity contribution is 7.90. The number of methoxy groups -OCH3 is 1. The van der Waals surface area contributed by atoms with Gasteiger partial charge in [0.25, 0.3) is 10.0 Å². The van der Waals surface area contributed by atoms with Crippen LogP contribution in [0.5, 0.6) is 5.88 Å². The SMILES string of the molecule is COc1cc(-c2cc(F)cc(C(C)C)c2CC(=O)NS(=O)(=O)c2ccc(Cl)c(F)c2)ccn1. The van der Waals surface area contributed by atoms with Crippen LogP contribution in [0.1, 0.15) is 30.9 Å². The second-order valence-electron chi connectivity index (χ2n) is 7.54. The molecule has 2 aromatic carbocycles. The molecule has 1 N–H and O–H groups in total. The van der Waals surface area contributed by atoms with Gasteiger partial charge in [-0.3, -0.25) is 4.79 Å². The third-order valence-corrected chi connectivity index (χ3v) is 6.59. The summed E-state index contributed by atoms with van der Waals surface area (Å²) in [6.07, 6.45) is 1.13. The molecule has 0 saturated carbocycles. The van der Waals surface area contributed by atoms with Crippen LogP contribution in [0.3, 0.4) is 0 Å². The Morgan fingerprint density at radius 3 is 2.52 bits per heavy atom. The second kappa shape index (κ2) is 9.84. The van der Waals surface area contributed by atoms with Crippen LogP contribution in [-0.2, 0) is 21.2 Å². The third kappa shape index (κ3) is 5.66. The Kier molecular flexibility index (Phi) is 7.34. The summed E-state index contributed by atoms with van der Waals surface area (Å²) in [5, 5.41) is -0.245. The summed E-state index contributed by atoms with van der Waals surface area (Å²) in [4.78, 5) is 16.4. The predicted octanol–water partition coefficient (Wildman–Crippen LogP) is 4.86. The number of aromatic nitrogens is 1. The zero-order valence-corrected chi connectivity index (χ0v) is 19.6. The van der Waals surface area contributed by atoms with Crippen LogP contribution in [0.2, 0.25) is 5.02 Å². The van der Waals surface area contributed by atoms with Gasteiger partial charge in [-0.2, -0.15) is 0 Å². The topological polar surface area (TPSA) is 85.4 Å². The summed E-state index contributed by atoms with van der Waals surface area (Å²) in [6, 6.07) is 8.72. The first-order chi connectivity index (χ1) is 15.5. The van der Waals surface area contributed by atoms with E-state index < -0.39 is 32.5 Å². The lowest BCUT2D eigenvalue weighted by molar-refractivity contribution is -0.118. The second-order valence-corrected chi connectivity index (χ2v) is 9.63. The van der Waals surface area contributed by atoms with Gasteiger partial charge in [0.2, 0.25) is 11.8 Å². The fourth-order valence-corrected chi connectivity index (χ4v) is 4.48. The van der Waals surface area contributed by atoms with Crippen LogP contribution in [0.4, 0.5) is 8.78 Å². The van der Waals surface area contributed by atoms with Crippen molar-refractivity contribution >= 4 is 27.5 Å². The highest BCUT2D eigenvalue weighted by Crippen LogP contribution is 2.33. The minimum Gasteiger partial charge on any atom is -0.481 e. The van der Waals surface area contributed by atoms with Crippen molar-refractivity contribution in [3.8, 4) is 17.0 Å². The minimum atomic E-state index is -4.35. The molecule has 0 aliphatic heterocycles. The number of benzene rings is 2. The highest BCUT2D eigenvalue weighted by Gasteiger charge is 2.23. The monoisotopic (exact) mass is 494 g/mol. The standard InChI is InChI=1S/C23H21ClF2N2O4S/c1-13(2)17-9-15(25)10-18(14-6-7-27-23(8-14)32-3)19(17)12-22(29)28-33(30,31)16-4-5-20(24)21(26)11-16/h4-11,13H,12H2,1-3H3,(H,28,29). The number of pyridine rings is 1. The third-order valence-electron chi connectivity index (χ3n) is 4.91. The molecule has 1 heterocycles. The van der Waals surface area contributed by atoms with E-state index in [4.69, 9.17) is 16.3 Å². The van der Waals surface area contributed by atoms with E-state index >= 15 is 0 Å². The Hall–Kier alpha value is -3.04. The fraction of sp³-hybridized carbons (Fsp3) is 0.217. The first-order valence-electron chi connectivity index (χ1n) is 9.85. The minimum absolute atomic E-state index is 0.159. The first kappa shape index (κ1) is 24.6. The largest absolute Gasteiger partial charge is 0.481 e. The van der Waals surface area contributed by atoms with Crippen molar-refractivity contribution in [2.24, 2.45) is 0 Å². The first-order valence-corrected chi connectivity index (χ1v) is 11.7. The number of hydrogen-bond acceptors (Lipinski definition) is 5. The molecule has 6 nitrogen and oxygen atoms in total. The summed E-state index contributed by atoms with van der Waals surface area (Å²) in [7, 11) is -2.91. The number of hydrogen-bond donors (Lipinski definition) is 1. The van der Waals surface area contributed by atoms with Gasteiger partial charge in [-0.25, -0.2) is 26.9 Å². The van der Waals surface area contributed by atoms with E-state index in [9.17, 15) is 22.0 Å². The van der Waals surface area contributed by atoms with Gasteiger partial charge in [0, 0.05) is 12.3 Å². The molecule has 0 aliphatic carbocycles. The molecule has 3 rings (SSSR count). The van der Waals surface area contributed by atoms with Gasteiger partial charge < -0.3 is 4.74 Å². The normalized spacial score (nSPS) is 11.5. The quantitative estimate of drug-likeness (QED) is 0.507. The number of nitrogens with zero attached hydrogens (tertiary/aromatic N) is 1. The number of carbonyl (C=O) groups is 1. The van der Waals surface area contributed by atoms with Crippen molar-refractivity contribution in [3.05, 3.63) is 76.4 Å². The van der Waals surface area contributed by atoms with Gasteiger partial charge in [-0.05, 0) is 64.6 Å². The lowest BCUT2D eigenvalue weighted by atomic mass is 9.88. The molecule has 1 aromatic heterocycles. The number of halogens is 3. The van der Waals surface area contributed by atoms with Gasteiger partial charge in [0.05, 0.1) is 23.4 Å². The molecule has 1 amide bonds. The highest BCUT2D eigenvalue weighted by atomic mass is 35.5. The molecule has 33 heavy (non-hydrogen) atoms. The van der Waals surface area contributed by atoms with Gasteiger partial charge in [0.15, 0.2) is 0 Å². The Morgan fingerprint density at radius 1 is 1.15 bits per heavy atom. The average Bonchev–Trinajstić information content (AvgIpc) is 2.75. The molecule has 0 saturated heterocycles.